The molecule has 1 fully saturated rings. The molecule has 2 aromatic carbocycles. The molecule has 4 rings (SSSR count). The van der Waals surface area contributed by atoms with Crippen molar-refractivity contribution in [3.05, 3.63) is 48.0 Å². The Morgan fingerprint density at radius 1 is 1.00 bits per heavy atom. The first-order valence-corrected chi connectivity index (χ1v) is 10.1. The first kappa shape index (κ1) is 18.0. The molecule has 0 bridgehead atoms. The maximum absolute atomic E-state index is 14.4. The number of ether oxygens (including phenoxy) is 1. The van der Waals surface area contributed by atoms with Crippen molar-refractivity contribution < 1.29 is 21.9 Å². The summed E-state index contributed by atoms with van der Waals surface area (Å²) in [6, 6.07) is 7.64. The molecule has 0 amide bonds. The standard InChI is InChI=1S/C18H19F2N3O3S/c19-13-11-15(22-7-5-21-6-8-22)18-16(12-13)23(9-10-26-18)27(24,25)17-4-2-1-3-14(17)20/h1-4,11-12,21H,5-10H2. The van der Waals surface area contributed by atoms with Crippen molar-refractivity contribution in [2.75, 3.05) is 48.5 Å². The zero-order valence-corrected chi connectivity index (χ0v) is 15.3. The van der Waals surface area contributed by atoms with Gasteiger partial charge in [0.15, 0.2) is 5.75 Å². The van der Waals surface area contributed by atoms with E-state index in [4.69, 9.17) is 4.74 Å². The van der Waals surface area contributed by atoms with Crippen LogP contribution in [0.2, 0.25) is 0 Å². The Labute approximate surface area is 156 Å². The molecule has 9 heteroatoms. The number of nitrogens with zero attached hydrogens (tertiary/aromatic N) is 2. The first-order chi connectivity index (χ1) is 13.0. The molecule has 2 aromatic rings. The highest BCUT2D eigenvalue weighted by molar-refractivity contribution is 7.92. The predicted molar refractivity (Wildman–Crippen MR) is 97.9 cm³/mol. The number of nitrogens with one attached hydrogen (secondary N) is 1. The van der Waals surface area contributed by atoms with Crippen molar-refractivity contribution >= 4 is 21.4 Å². The van der Waals surface area contributed by atoms with Crippen LogP contribution in [-0.4, -0.2) is 47.7 Å². The molecule has 0 atom stereocenters. The minimum Gasteiger partial charge on any atom is -0.487 e. The van der Waals surface area contributed by atoms with E-state index in [0.29, 0.717) is 24.5 Å². The summed E-state index contributed by atoms with van der Waals surface area (Å²) >= 11 is 0. The molecule has 0 saturated carbocycles. The van der Waals surface area contributed by atoms with E-state index >= 15 is 0 Å². The van der Waals surface area contributed by atoms with Gasteiger partial charge in [-0.15, -0.1) is 0 Å². The zero-order valence-electron chi connectivity index (χ0n) is 14.5. The lowest BCUT2D eigenvalue weighted by Gasteiger charge is -2.36. The average molecular weight is 395 g/mol. The van der Waals surface area contributed by atoms with Gasteiger partial charge >= 0.3 is 0 Å². The first-order valence-electron chi connectivity index (χ1n) is 8.68. The smallest absolute Gasteiger partial charge is 0.267 e. The van der Waals surface area contributed by atoms with E-state index in [2.05, 4.69) is 5.32 Å². The summed E-state index contributed by atoms with van der Waals surface area (Å²) in [7, 11) is -4.19. The zero-order chi connectivity index (χ0) is 19.0. The molecule has 0 aromatic heterocycles. The van der Waals surface area contributed by atoms with Crippen LogP contribution in [0, 0.1) is 11.6 Å². The Morgan fingerprint density at radius 3 is 2.44 bits per heavy atom. The average Bonchev–Trinajstić information content (AvgIpc) is 2.67. The number of piperazine rings is 1. The summed E-state index contributed by atoms with van der Waals surface area (Å²) < 4.78 is 61.4. The highest BCUT2D eigenvalue weighted by Gasteiger charge is 2.34. The summed E-state index contributed by atoms with van der Waals surface area (Å²) in [6.45, 7) is 2.86. The molecule has 0 spiro atoms. The van der Waals surface area contributed by atoms with E-state index < -0.39 is 26.6 Å². The summed E-state index contributed by atoms with van der Waals surface area (Å²) in [4.78, 5) is 1.52. The lowest BCUT2D eigenvalue weighted by molar-refractivity contribution is 0.315. The van der Waals surface area contributed by atoms with E-state index in [1.807, 2.05) is 4.90 Å². The van der Waals surface area contributed by atoms with Crippen molar-refractivity contribution in [3.63, 3.8) is 0 Å². The minimum atomic E-state index is -4.19. The number of halogens is 2. The second-order valence-corrected chi connectivity index (χ2v) is 8.20. The summed E-state index contributed by atoms with van der Waals surface area (Å²) in [5.41, 5.74) is 0.609. The van der Waals surface area contributed by atoms with Crippen LogP contribution in [0.1, 0.15) is 0 Å². The number of fused-ring (bicyclic) bond motifs is 1. The number of rotatable bonds is 3. The normalized spacial score (nSPS) is 17.4. The molecule has 2 aliphatic rings. The topological polar surface area (TPSA) is 61.9 Å². The Morgan fingerprint density at radius 2 is 1.70 bits per heavy atom. The van der Waals surface area contributed by atoms with Crippen LogP contribution >= 0.6 is 0 Å². The summed E-state index contributed by atoms with van der Waals surface area (Å²) in [5, 5.41) is 3.22. The van der Waals surface area contributed by atoms with Gasteiger partial charge in [-0.25, -0.2) is 17.2 Å². The van der Waals surface area contributed by atoms with Crippen molar-refractivity contribution in [2.45, 2.75) is 4.90 Å². The molecule has 2 aliphatic heterocycles. The van der Waals surface area contributed by atoms with Gasteiger partial charge in [0.2, 0.25) is 0 Å². The third kappa shape index (κ3) is 3.21. The molecule has 6 nitrogen and oxygen atoms in total. The van der Waals surface area contributed by atoms with Crippen LogP contribution in [0.4, 0.5) is 20.2 Å². The number of hydrogen-bond acceptors (Lipinski definition) is 5. The molecular weight excluding hydrogens is 376 g/mol. The maximum Gasteiger partial charge on any atom is 0.267 e. The van der Waals surface area contributed by atoms with E-state index in [-0.39, 0.29) is 18.8 Å². The van der Waals surface area contributed by atoms with Gasteiger partial charge in [0.05, 0.1) is 17.9 Å². The van der Waals surface area contributed by atoms with Gasteiger partial charge in [0, 0.05) is 38.3 Å². The highest BCUT2D eigenvalue weighted by Crippen LogP contribution is 2.43. The largest absolute Gasteiger partial charge is 0.487 e. The van der Waals surface area contributed by atoms with Gasteiger partial charge in [0.1, 0.15) is 23.1 Å². The van der Waals surface area contributed by atoms with Crippen LogP contribution < -0.4 is 19.3 Å². The van der Waals surface area contributed by atoms with Crippen LogP contribution in [0.5, 0.6) is 5.75 Å². The van der Waals surface area contributed by atoms with E-state index in [9.17, 15) is 17.2 Å². The fourth-order valence-electron chi connectivity index (χ4n) is 3.41. The lowest BCUT2D eigenvalue weighted by Crippen LogP contribution is -2.44. The van der Waals surface area contributed by atoms with Gasteiger partial charge in [-0.1, -0.05) is 12.1 Å². The number of benzene rings is 2. The Bertz CT molecular complexity index is 962. The quantitative estimate of drug-likeness (QED) is 0.861. The predicted octanol–water partition coefficient (Wildman–Crippen LogP) is 1.96. The number of anilines is 2. The van der Waals surface area contributed by atoms with Crippen molar-refractivity contribution in [1.82, 2.24) is 5.32 Å². The number of sulfonamides is 1. The molecule has 0 unspecified atom stereocenters. The van der Waals surface area contributed by atoms with Crippen LogP contribution in [-0.2, 0) is 10.0 Å². The fraction of sp³-hybridized carbons (Fsp3) is 0.333. The lowest BCUT2D eigenvalue weighted by atomic mass is 10.2. The summed E-state index contributed by atoms with van der Waals surface area (Å²) in [6.07, 6.45) is 0. The van der Waals surface area contributed by atoms with Gasteiger partial charge < -0.3 is 15.0 Å². The van der Waals surface area contributed by atoms with Crippen LogP contribution in [0.15, 0.2) is 41.3 Å². The SMILES string of the molecule is O=S(=O)(c1ccccc1F)N1CCOc2c(N3CCNCC3)cc(F)cc21. The fourth-order valence-corrected chi connectivity index (χ4v) is 4.92. The minimum absolute atomic E-state index is 0.0197. The van der Waals surface area contributed by atoms with E-state index in [0.717, 1.165) is 29.5 Å². The molecule has 0 radical (unpaired) electrons. The van der Waals surface area contributed by atoms with Gasteiger partial charge in [0.25, 0.3) is 10.0 Å². The second-order valence-electron chi connectivity index (χ2n) is 6.37. The molecule has 2 heterocycles. The molecular formula is C18H19F2N3O3S. The molecule has 27 heavy (non-hydrogen) atoms. The third-order valence-corrected chi connectivity index (χ3v) is 6.53. The second kappa shape index (κ2) is 6.97. The van der Waals surface area contributed by atoms with Gasteiger partial charge in [-0.3, -0.25) is 4.31 Å². The Kier molecular flexibility index (Phi) is 4.65. The Hall–Kier alpha value is -2.39. The summed E-state index contributed by atoms with van der Waals surface area (Å²) in [5.74, 6) is -1.10. The maximum atomic E-state index is 14.4. The van der Waals surface area contributed by atoms with E-state index in [1.165, 1.54) is 24.3 Å². The van der Waals surface area contributed by atoms with Crippen molar-refractivity contribution in [1.29, 1.82) is 0 Å². The van der Waals surface area contributed by atoms with Gasteiger partial charge in [-0.05, 0) is 12.1 Å². The van der Waals surface area contributed by atoms with E-state index in [1.54, 1.807) is 0 Å². The van der Waals surface area contributed by atoms with Gasteiger partial charge in [-0.2, -0.15) is 0 Å². The van der Waals surface area contributed by atoms with Crippen LogP contribution in [0.25, 0.3) is 0 Å². The number of hydrogen-bond donors (Lipinski definition) is 1. The molecule has 1 N–H and O–H groups in total. The highest BCUT2D eigenvalue weighted by atomic mass is 32.2. The van der Waals surface area contributed by atoms with Crippen molar-refractivity contribution in [3.8, 4) is 5.75 Å². The van der Waals surface area contributed by atoms with Crippen molar-refractivity contribution in [2.24, 2.45) is 0 Å². The Balaban J connectivity index is 1.82. The molecule has 0 aliphatic carbocycles. The monoisotopic (exact) mass is 395 g/mol. The molecule has 1 saturated heterocycles. The van der Waals surface area contributed by atoms with Crippen LogP contribution in [0.3, 0.4) is 0 Å². The third-order valence-electron chi connectivity index (χ3n) is 4.69. The molecule has 144 valence electrons.